The molecule has 0 saturated heterocycles. The molecule has 16 heavy (non-hydrogen) atoms. The maximum Gasteiger partial charge on any atom is 0.222 e. The first kappa shape index (κ1) is 13.1. The summed E-state index contributed by atoms with van der Waals surface area (Å²) < 4.78 is 0. The molecule has 1 amide bonds. The molecule has 0 saturated carbocycles. The van der Waals surface area contributed by atoms with Gasteiger partial charge in [0.05, 0.1) is 0 Å². The van der Waals surface area contributed by atoms with Gasteiger partial charge < -0.3 is 4.90 Å². The summed E-state index contributed by atoms with van der Waals surface area (Å²) in [6, 6.07) is 8.36. The standard InChI is InChI=1S/C13H19NOS/c1-4-5-13(15)14(2)10-11-6-8-12(16-3)9-7-11/h6-9H,4-5,10H2,1-3H3. The topological polar surface area (TPSA) is 20.3 Å². The minimum Gasteiger partial charge on any atom is -0.341 e. The van der Waals surface area contributed by atoms with Gasteiger partial charge in [-0.25, -0.2) is 0 Å². The van der Waals surface area contributed by atoms with E-state index in [1.807, 2.05) is 14.0 Å². The van der Waals surface area contributed by atoms with Gasteiger partial charge in [0.15, 0.2) is 0 Å². The smallest absolute Gasteiger partial charge is 0.222 e. The number of thioether (sulfide) groups is 1. The third-order valence-electron chi connectivity index (χ3n) is 2.47. The summed E-state index contributed by atoms with van der Waals surface area (Å²) >= 11 is 1.73. The van der Waals surface area contributed by atoms with Gasteiger partial charge in [-0.05, 0) is 30.4 Å². The molecule has 2 nitrogen and oxygen atoms in total. The molecule has 1 aromatic rings. The molecule has 1 rings (SSSR count). The lowest BCUT2D eigenvalue weighted by molar-refractivity contribution is -0.130. The minimum atomic E-state index is 0.219. The molecule has 88 valence electrons. The van der Waals surface area contributed by atoms with Crippen LogP contribution in [0.5, 0.6) is 0 Å². The van der Waals surface area contributed by atoms with Crippen LogP contribution in [0.15, 0.2) is 29.2 Å². The van der Waals surface area contributed by atoms with Crippen LogP contribution in [0, 0.1) is 0 Å². The molecule has 0 aromatic heterocycles. The molecule has 0 aliphatic heterocycles. The van der Waals surface area contributed by atoms with Crippen molar-refractivity contribution in [2.75, 3.05) is 13.3 Å². The summed E-state index contributed by atoms with van der Waals surface area (Å²) in [7, 11) is 1.86. The minimum absolute atomic E-state index is 0.219. The van der Waals surface area contributed by atoms with E-state index in [9.17, 15) is 4.79 Å². The van der Waals surface area contributed by atoms with Crippen molar-refractivity contribution in [3.05, 3.63) is 29.8 Å². The molecular weight excluding hydrogens is 218 g/mol. The van der Waals surface area contributed by atoms with Crippen molar-refractivity contribution in [2.45, 2.75) is 31.2 Å². The van der Waals surface area contributed by atoms with Crippen LogP contribution in [0.1, 0.15) is 25.3 Å². The lowest BCUT2D eigenvalue weighted by Crippen LogP contribution is -2.25. The number of amides is 1. The molecule has 0 bridgehead atoms. The van der Waals surface area contributed by atoms with Gasteiger partial charge in [0.25, 0.3) is 0 Å². The zero-order valence-electron chi connectivity index (χ0n) is 10.2. The quantitative estimate of drug-likeness (QED) is 0.733. The van der Waals surface area contributed by atoms with Crippen molar-refractivity contribution in [1.82, 2.24) is 4.90 Å². The Labute approximate surface area is 102 Å². The Hall–Kier alpha value is -0.960. The Bertz CT molecular complexity index is 334. The SMILES string of the molecule is CCCC(=O)N(C)Cc1ccc(SC)cc1. The van der Waals surface area contributed by atoms with Crippen LogP contribution in [-0.2, 0) is 11.3 Å². The highest BCUT2D eigenvalue weighted by molar-refractivity contribution is 7.98. The maximum absolute atomic E-state index is 11.6. The van der Waals surface area contributed by atoms with E-state index >= 15 is 0 Å². The van der Waals surface area contributed by atoms with Crippen molar-refractivity contribution in [3.8, 4) is 0 Å². The van der Waals surface area contributed by atoms with Gasteiger partial charge in [0.1, 0.15) is 0 Å². The zero-order valence-corrected chi connectivity index (χ0v) is 11.0. The summed E-state index contributed by atoms with van der Waals surface area (Å²) in [5, 5.41) is 0. The highest BCUT2D eigenvalue weighted by Gasteiger charge is 2.07. The Morgan fingerprint density at radius 1 is 1.31 bits per heavy atom. The lowest BCUT2D eigenvalue weighted by atomic mass is 10.2. The zero-order chi connectivity index (χ0) is 12.0. The van der Waals surface area contributed by atoms with Crippen LogP contribution < -0.4 is 0 Å². The van der Waals surface area contributed by atoms with Gasteiger partial charge in [-0.2, -0.15) is 0 Å². The van der Waals surface area contributed by atoms with Crippen molar-refractivity contribution < 1.29 is 4.79 Å². The number of hydrogen-bond donors (Lipinski definition) is 0. The van der Waals surface area contributed by atoms with Crippen LogP contribution >= 0.6 is 11.8 Å². The van der Waals surface area contributed by atoms with Crippen molar-refractivity contribution in [2.24, 2.45) is 0 Å². The summed E-state index contributed by atoms with van der Waals surface area (Å²) in [4.78, 5) is 14.6. The number of carbonyl (C=O) groups is 1. The van der Waals surface area contributed by atoms with E-state index in [4.69, 9.17) is 0 Å². The first-order chi connectivity index (χ1) is 7.67. The molecule has 0 N–H and O–H groups in total. The fourth-order valence-corrected chi connectivity index (χ4v) is 1.91. The molecule has 0 unspecified atom stereocenters. The average Bonchev–Trinajstić information content (AvgIpc) is 2.30. The summed E-state index contributed by atoms with van der Waals surface area (Å²) in [5.41, 5.74) is 1.18. The predicted molar refractivity (Wildman–Crippen MR) is 69.6 cm³/mol. The number of hydrogen-bond acceptors (Lipinski definition) is 2. The molecule has 0 spiro atoms. The maximum atomic E-state index is 11.6. The van der Waals surface area contributed by atoms with Crippen molar-refractivity contribution in [3.63, 3.8) is 0 Å². The van der Waals surface area contributed by atoms with Crippen LogP contribution in [-0.4, -0.2) is 24.1 Å². The second-order valence-corrected chi connectivity index (χ2v) is 4.73. The molecule has 0 atom stereocenters. The molecular formula is C13H19NOS. The number of benzene rings is 1. The summed E-state index contributed by atoms with van der Waals surface area (Å²) in [6.07, 6.45) is 3.61. The van der Waals surface area contributed by atoms with E-state index in [0.717, 1.165) is 6.42 Å². The molecule has 0 radical (unpaired) electrons. The molecule has 0 aliphatic rings. The first-order valence-corrected chi connectivity index (χ1v) is 6.76. The van der Waals surface area contributed by atoms with Gasteiger partial charge in [0, 0.05) is 24.9 Å². The summed E-state index contributed by atoms with van der Waals surface area (Å²) in [6.45, 7) is 2.73. The van der Waals surface area contributed by atoms with Gasteiger partial charge in [-0.1, -0.05) is 19.1 Å². The monoisotopic (exact) mass is 237 g/mol. The number of rotatable bonds is 5. The second kappa shape index (κ2) is 6.59. The Morgan fingerprint density at radius 2 is 1.94 bits per heavy atom. The third-order valence-corrected chi connectivity index (χ3v) is 3.21. The molecule has 0 fully saturated rings. The van der Waals surface area contributed by atoms with E-state index in [0.29, 0.717) is 13.0 Å². The predicted octanol–water partition coefficient (Wildman–Crippen LogP) is 3.17. The Balaban J connectivity index is 2.55. The van der Waals surface area contributed by atoms with Gasteiger partial charge in [0.2, 0.25) is 5.91 Å². The van der Waals surface area contributed by atoms with Crippen LogP contribution in [0.25, 0.3) is 0 Å². The fraction of sp³-hybridized carbons (Fsp3) is 0.462. The van der Waals surface area contributed by atoms with Crippen LogP contribution in [0.3, 0.4) is 0 Å². The lowest BCUT2D eigenvalue weighted by Gasteiger charge is -2.17. The van der Waals surface area contributed by atoms with E-state index in [1.54, 1.807) is 16.7 Å². The normalized spacial score (nSPS) is 10.2. The number of nitrogens with zero attached hydrogens (tertiary/aromatic N) is 1. The van der Waals surface area contributed by atoms with Gasteiger partial charge >= 0.3 is 0 Å². The van der Waals surface area contributed by atoms with E-state index in [1.165, 1.54) is 10.5 Å². The number of carbonyl (C=O) groups excluding carboxylic acids is 1. The van der Waals surface area contributed by atoms with Crippen LogP contribution in [0.4, 0.5) is 0 Å². The average molecular weight is 237 g/mol. The van der Waals surface area contributed by atoms with Crippen molar-refractivity contribution >= 4 is 17.7 Å². The highest BCUT2D eigenvalue weighted by atomic mass is 32.2. The first-order valence-electron chi connectivity index (χ1n) is 5.54. The van der Waals surface area contributed by atoms with Gasteiger partial charge in [-0.15, -0.1) is 11.8 Å². The molecule has 1 aromatic carbocycles. The summed E-state index contributed by atoms with van der Waals surface area (Å²) in [5.74, 6) is 0.219. The van der Waals surface area contributed by atoms with Gasteiger partial charge in [-0.3, -0.25) is 4.79 Å². The fourth-order valence-electron chi connectivity index (χ4n) is 1.50. The van der Waals surface area contributed by atoms with E-state index in [-0.39, 0.29) is 5.91 Å². The molecule has 3 heteroatoms. The molecule has 0 heterocycles. The molecule has 0 aliphatic carbocycles. The Morgan fingerprint density at radius 3 is 2.44 bits per heavy atom. The highest BCUT2D eigenvalue weighted by Crippen LogP contribution is 2.15. The van der Waals surface area contributed by atoms with Crippen LogP contribution in [0.2, 0.25) is 0 Å². The van der Waals surface area contributed by atoms with Crippen molar-refractivity contribution in [1.29, 1.82) is 0 Å². The Kier molecular flexibility index (Phi) is 5.39. The third kappa shape index (κ3) is 3.89. The second-order valence-electron chi connectivity index (χ2n) is 3.85. The van der Waals surface area contributed by atoms with E-state index < -0.39 is 0 Å². The van der Waals surface area contributed by atoms with E-state index in [2.05, 4.69) is 30.5 Å². The largest absolute Gasteiger partial charge is 0.341 e.